The number of hydrogen-bond donors (Lipinski definition) is 0. The van der Waals surface area contributed by atoms with Gasteiger partial charge in [0.15, 0.2) is 12.4 Å². The molecule has 1 saturated heterocycles. The first kappa shape index (κ1) is 26.0. The Labute approximate surface area is 242 Å². The number of rotatable bonds is 6. The fourth-order valence-electron chi connectivity index (χ4n) is 6.93. The molecule has 2 heterocycles. The number of pyridine rings is 1. The van der Waals surface area contributed by atoms with Gasteiger partial charge in [0, 0.05) is 16.5 Å². The molecule has 4 aromatic rings. The van der Waals surface area contributed by atoms with Gasteiger partial charge >= 0.3 is 5.97 Å². The Bertz CT molecular complexity index is 1830. The first-order valence-corrected chi connectivity index (χ1v) is 14.1. The highest BCUT2D eigenvalue weighted by atomic mass is 16.5. The van der Waals surface area contributed by atoms with Gasteiger partial charge in [-0.3, -0.25) is 19.3 Å². The van der Waals surface area contributed by atoms with Crippen molar-refractivity contribution in [3.8, 4) is 11.3 Å². The third-order valence-electron chi connectivity index (χ3n) is 8.99. The molecule has 2 fully saturated rings. The average Bonchev–Trinajstić information content (AvgIpc) is 3.65. The molecule has 4 atom stereocenters. The molecule has 0 spiro atoms. The monoisotopic (exact) mass is 556 g/mol. The Kier molecular flexibility index (Phi) is 6.12. The quantitative estimate of drug-likeness (QED) is 0.126. The highest BCUT2D eigenvalue weighted by molar-refractivity contribution is 6.23. The number of aromatic nitrogens is 1. The van der Waals surface area contributed by atoms with Crippen molar-refractivity contribution in [3.05, 3.63) is 107 Å². The minimum absolute atomic E-state index is 0.118. The maximum atomic E-state index is 13.4. The molecule has 1 aromatic heterocycles. The number of amides is 2. The van der Waals surface area contributed by atoms with Gasteiger partial charge in [0.25, 0.3) is 0 Å². The zero-order valence-corrected chi connectivity index (χ0v) is 23.2. The molecule has 2 bridgehead atoms. The SMILES string of the molecule is CC1=CC2CC1C1C(=O)N(c3ccc(-c4cc(C(=O)OCC(=O)c5ccccc5)c5cccc(C)c5n4)cc3)C(=O)C21. The topological polar surface area (TPSA) is 93.6 Å². The number of fused-ring (bicyclic) bond motifs is 6. The molecule has 0 N–H and O–H groups in total. The Morgan fingerprint density at radius 2 is 1.64 bits per heavy atom. The van der Waals surface area contributed by atoms with Crippen molar-refractivity contribution in [2.75, 3.05) is 11.5 Å². The van der Waals surface area contributed by atoms with E-state index in [9.17, 15) is 19.2 Å². The zero-order chi connectivity index (χ0) is 29.1. The molecule has 7 rings (SSSR count). The second-order valence-corrected chi connectivity index (χ2v) is 11.4. The molecule has 1 saturated carbocycles. The van der Waals surface area contributed by atoms with E-state index in [0.717, 1.165) is 17.5 Å². The van der Waals surface area contributed by atoms with Crippen molar-refractivity contribution < 1.29 is 23.9 Å². The number of aryl methyl sites for hydroxylation is 1. The average molecular weight is 557 g/mol. The third-order valence-corrected chi connectivity index (χ3v) is 8.99. The summed E-state index contributed by atoms with van der Waals surface area (Å²) in [5.74, 6) is -1.37. The number of ketones is 1. The highest BCUT2D eigenvalue weighted by Crippen LogP contribution is 2.55. The van der Waals surface area contributed by atoms with Crippen LogP contribution in [0, 0.1) is 30.6 Å². The van der Waals surface area contributed by atoms with Crippen molar-refractivity contribution >= 4 is 40.2 Å². The Morgan fingerprint density at radius 3 is 2.40 bits per heavy atom. The minimum Gasteiger partial charge on any atom is -0.454 e. The number of Topliss-reactive ketones (excluding diaryl/α,β-unsaturated/α-hetero) is 1. The van der Waals surface area contributed by atoms with Crippen LogP contribution in [0.5, 0.6) is 0 Å². The Balaban J connectivity index is 1.18. The first-order valence-electron chi connectivity index (χ1n) is 14.1. The van der Waals surface area contributed by atoms with Crippen molar-refractivity contribution in [1.82, 2.24) is 4.98 Å². The maximum Gasteiger partial charge on any atom is 0.339 e. The summed E-state index contributed by atoms with van der Waals surface area (Å²) in [6.07, 6.45) is 3.06. The molecule has 0 radical (unpaired) electrons. The van der Waals surface area contributed by atoms with Crippen LogP contribution in [0.1, 0.15) is 39.6 Å². The third kappa shape index (κ3) is 4.07. The number of allylic oxidation sites excluding steroid dienone is 2. The number of para-hydroxylation sites is 1. The largest absolute Gasteiger partial charge is 0.454 e. The summed E-state index contributed by atoms with van der Waals surface area (Å²) in [5, 5.41) is 0.630. The van der Waals surface area contributed by atoms with Crippen LogP contribution in [0.3, 0.4) is 0 Å². The second kappa shape index (κ2) is 9.87. The van der Waals surface area contributed by atoms with E-state index < -0.39 is 5.97 Å². The maximum absolute atomic E-state index is 13.4. The number of anilines is 1. The van der Waals surface area contributed by atoms with Crippen LogP contribution in [0.4, 0.5) is 5.69 Å². The lowest BCUT2D eigenvalue weighted by atomic mass is 9.82. The van der Waals surface area contributed by atoms with Gasteiger partial charge in [-0.25, -0.2) is 9.78 Å². The second-order valence-electron chi connectivity index (χ2n) is 11.4. The van der Waals surface area contributed by atoms with Crippen LogP contribution in [0.2, 0.25) is 0 Å². The van der Waals surface area contributed by atoms with E-state index in [1.807, 2.05) is 43.3 Å². The number of carbonyl (C=O) groups is 4. The van der Waals surface area contributed by atoms with Gasteiger partial charge in [-0.2, -0.15) is 0 Å². The van der Waals surface area contributed by atoms with E-state index in [1.165, 1.54) is 10.5 Å². The first-order chi connectivity index (χ1) is 20.3. The summed E-state index contributed by atoms with van der Waals surface area (Å²) in [7, 11) is 0. The number of hydrogen-bond acceptors (Lipinski definition) is 6. The molecule has 208 valence electrons. The van der Waals surface area contributed by atoms with Gasteiger partial charge in [-0.1, -0.05) is 72.3 Å². The molecule has 2 aliphatic carbocycles. The number of nitrogens with zero attached hydrogens (tertiary/aromatic N) is 2. The lowest BCUT2D eigenvalue weighted by molar-refractivity contribution is -0.123. The lowest BCUT2D eigenvalue weighted by Gasteiger charge is -2.19. The molecule has 7 nitrogen and oxygen atoms in total. The number of imide groups is 1. The van der Waals surface area contributed by atoms with E-state index in [1.54, 1.807) is 42.5 Å². The summed E-state index contributed by atoms with van der Waals surface area (Å²) in [6, 6.07) is 23.1. The van der Waals surface area contributed by atoms with Gasteiger partial charge in [-0.05, 0) is 55.9 Å². The predicted molar refractivity (Wildman–Crippen MR) is 158 cm³/mol. The van der Waals surface area contributed by atoms with E-state index in [4.69, 9.17) is 9.72 Å². The van der Waals surface area contributed by atoms with Gasteiger partial charge in [0.05, 0.1) is 34.3 Å². The molecule has 3 aliphatic rings. The molecule has 7 heteroatoms. The predicted octanol–water partition coefficient (Wildman–Crippen LogP) is 5.95. The summed E-state index contributed by atoms with van der Waals surface area (Å²) in [5.41, 5.74) is 5.33. The summed E-state index contributed by atoms with van der Waals surface area (Å²) in [4.78, 5) is 58.7. The highest BCUT2D eigenvalue weighted by Gasteiger charge is 2.60. The van der Waals surface area contributed by atoms with Gasteiger partial charge in [-0.15, -0.1) is 0 Å². The van der Waals surface area contributed by atoms with Crippen molar-refractivity contribution in [1.29, 1.82) is 0 Å². The van der Waals surface area contributed by atoms with Gasteiger partial charge in [0.2, 0.25) is 11.8 Å². The van der Waals surface area contributed by atoms with Crippen molar-refractivity contribution in [2.45, 2.75) is 20.3 Å². The molecular formula is C35H28N2O5. The Hall–Kier alpha value is -4.91. The molecular weight excluding hydrogens is 528 g/mol. The van der Waals surface area contributed by atoms with Crippen LogP contribution in [-0.2, 0) is 14.3 Å². The molecule has 1 aliphatic heterocycles. The molecule has 3 aromatic carbocycles. The van der Waals surface area contributed by atoms with Crippen LogP contribution in [0.25, 0.3) is 22.2 Å². The Morgan fingerprint density at radius 1 is 0.905 bits per heavy atom. The molecule has 4 unspecified atom stereocenters. The molecule has 2 amide bonds. The minimum atomic E-state index is -0.617. The van der Waals surface area contributed by atoms with Crippen molar-refractivity contribution in [2.24, 2.45) is 23.7 Å². The number of benzene rings is 3. The van der Waals surface area contributed by atoms with Crippen LogP contribution in [0.15, 0.2) is 90.5 Å². The standard InChI is InChI=1S/C35H28N2O5/c1-19-7-6-10-25-27(35(41)42-18-29(38)22-8-4-3-5-9-22)17-28(36-32(19)25)21-11-13-24(14-12-21)37-33(39)30-23-15-20(2)26(16-23)31(30)34(37)40/h3-15,17,23,26,30-31H,16,18H2,1-2H3. The fraction of sp³-hybridized carbons (Fsp3) is 0.229. The van der Waals surface area contributed by atoms with Crippen LogP contribution < -0.4 is 4.90 Å². The fourth-order valence-corrected chi connectivity index (χ4v) is 6.93. The summed E-state index contributed by atoms with van der Waals surface area (Å²) in [6.45, 7) is 3.60. The van der Waals surface area contributed by atoms with E-state index in [-0.39, 0.29) is 47.9 Å². The number of carbonyl (C=O) groups excluding carboxylic acids is 4. The number of esters is 1. The van der Waals surface area contributed by atoms with E-state index >= 15 is 0 Å². The van der Waals surface area contributed by atoms with Crippen molar-refractivity contribution in [3.63, 3.8) is 0 Å². The van der Waals surface area contributed by atoms with Crippen LogP contribution >= 0.6 is 0 Å². The summed E-state index contributed by atoms with van der Waals surface area (Å²) < 4.78 is 5.46. The van der Waals surface area contributed by atoms with Crippen LogP contribution in [-0.4, -0.2) is 35.2 Å². The number of ether oxygens (including phenoxy) is 1. The van der Waals surface area contributed by atoms with Gasteiger partial charge in [0.1, 0.15) is 0 Å². The lowest BCUT2D eigenvalue weighted by Crippen LogP contribution is -2.32. The van der Waals surface area contributed by atoms with E-state index in [2.05, 4.69) is 13.0 Å². The smallest absolute Gasteiger partial charge is 0.339 e. The molecule has 42 heavy (non-hydrogen) atoms. The van der Waals surface area contributed by atoms with E-state index in [0.29, 0.717) is 33.4 Å². The van der Waals surface area contributed by atoms with Gasteiger partial charge < -0.3 is 4.74 Å². The normalized spacial score (nSPS) is 22.4. The summed E-state index contributed by atoms with van der Waals surface area (Å²) >= 11 is 0. The zero-order valence-electron chi connectivity index (χ0n) is 23.2.